The van der Waals surface area contributed by atoms with Gasteiger partial charge in [0.2, 0.25) is 17.8 Å². The number of anilines is 3. The third kappa shape index (κ3) is 4.68. The number of benzene rings is 1. The van der Waals surface area contributed by atoms with Crippen molar-refractivity contribution in [2.75, 3.05) is 41.4 Å². The molecule has 2 saturated heterocycles. The summed E-state index contributed by atoms with van der Waals surface area (Å²) < 4.78 is 0. The minimum absolute atomic E-state index is 0.212. The Labute approximate surface area is 165 Å². The van der Waals surface area contributed by atoms with Gasteiger partial charge in [-0.25, -0.2) is 5.43 Å². The van der Waals surface area contributed by atoms with Crippen LogP contribution in [0.2, 0.25) is 0 Å². The largest absolute Gasteiger partial charge is 0.508 e. The summed E-state index contributed by atoms with van der Waals surface area (Å²) in [6, 6.07) is 6.93. The first-order valence-electron chi connectivity index (χ1n) is 10.1. The van der Waals surface area contributed by atoms with E-state index in [1.807, 2.05) is 6.07 Å². The van der Waals surface area contributed by atoms with Crippen molar-refractivity contribution < 1.29 is 5.11 Å². The Kier molecular flexibility index (Phi) is 5.84. The number of hydrogen-bond acceptors (Lipinski definition) is 8. The zero-order chi connectivity index (χ0) is 19.2. The molecule has 0 amide bonds. The number of hydrogen-bond donors (Lipinski definition) is 2. The molecule has 0 unspecified atom stereocenters. The Morgan fingerprint density at radius 1 is 0.857 bits per heavy atom. The van der Waals surface area contributed by atoms with Gasteiger partial charge < -0.3 is 14.9 Å². The van der Waals surface area contributed by atoms with Gasteiger partial charge in [0.15, 0.2) is 0 Å². The first kappa shape index (κ1) is 18.5. The Hall–Kier alpha value is -2.90. The molecule has 0 aliphatic carbocycles. The number of piperidine rings is 2. The number of phenols is 1. The molecule has 1 aromatic heterocycles. The second kappa shape index (κ2) is 8.86. The highest BCUT2D eigenvalue weighted by molar-refractivity contribution is 5.80. The number of aromatic hydroxyl groups is 1. The van der Waals surface area contributed by atoms with Gasteiger partial charge in [0, 0.05) is 26.2 Å². The SMILES string of the molecule is Oc1cccc(C=NNc2nc(N3CCCCC3)nc(N3CCCCC3)n2)c1. The lowest BCUT2D eigenvalue weighted by molar-refractivity contribution is 0.475. The summed E-state index contributed by atoms with van der Waals surface area (Å²) in [5.41, 5.74) is 3.74. The summed E-state index contributed by atoms with van der Waals surface area (Å²) in [5.74, 6) is 2.12. The molecule has 1 aromatic carbocycles. The smallest absolute Gasteiger partial charge is 0.250 e. The summed E-state index contributed by atoms with van der Waals surface area (Å²) >= 11 is 0. The predicted molar refractivity (Wildman–Crippen MR) is 111 cm³/mol. The van der Waals surface area contributed by atoms with Crippen molar-refractivity contribution in [1.82, 2.24) is 15.0 Å². The highest BCUT2D eigenvalue weighted by Gasteiger charge is 2.20. The monoisotopic (exact) mass is 381 g/mol. The maximum absolute atomic E-state index is 9.56. The quantitative estimate of drug-likeness (QED) is 0.608. The van der Waals surface area contributed by atoms with E-state index in [0.717, 1.165) is 43.6 Å². The van der Waals surface area contributed by atoms with Crippen molar-refractivity contribution in [3.8, 4) is 5.75 Å². The molecule has 4 rings (SSSR count). The molecule has 0 saturated carbocycles. The third-order valence-electron chi connectivity index (χ3n) is 5.14. The van der Waals surface area contributed by atoms with E-state index in [-0.39, 0.29) is 5.75 Å². The molecule has 2 N–H and O–H groups in total. The molecule has 148 valence electrons. The van der Waals surface area contributed by atoms with Crippen LogP contribution in [0.25, 0.3) is 0 Å². The van der Waals surface area contributed by atoms with E-state index in [1.54, 1.807) is 24.4 Å². The van der Waals surface area contributed by atoms with Crippen LogP contribution in [0.5, 0.6) is 5.75 Å². The fourth-order valence-corrected chi connectivity index (χ4v) is 3.64. The van der Waals surface area contributed by atoms with Crippen LogP contribution in [0.15, 0.2) is 29.4 Å². The maximum atomic E-state index is 9.56. The van der Waals surface area contributed by atoms with Crippen LogP contribution in [0.1, 0.15) is 44.1 Å². The Morgan fingerprint density at radius 2 is 1.46 bits per heavy atom. The van der Waals surface area contributed by atoms with Crippen molar-refractivity contribution >= 4 is 24.1 Å². The van der Waals surface area contributed by atoms with Gasteiger partial charge in [-0.05, 0) is 56.2 Å². The van der Waals surface area contributed by atoms with Crippen LogP contribution in [-0.2, 0) is 0 Å². The topological polar surface area (TPSA) is 89.8 Å². The average molecular weight is 381 g/mol. The van der Waals surface area contributed by atoms with Crippen LogP contribution in [0.3, 0.4) is 0 Å². The maximum Gasteiger partial charge on any atom is 0.250 e. The average Bonchev–Trinajstić information content (AvgIpc) is 2.75. The van der Waals surface area contributed by atoms with E-state index in [1.165, 1.54) is 38.5 Å². The number of nitrogens with zero attached hydrogens (tertiary/aromatic N) is 6. The van der Waals surface area contributed by atoms with Crippen molar-refractivity contribution in [3.05, 3.63) is 29.8 Å². The lowest BCUT2D eigenvalue weighted by Crippen LogP contribution is -2.34. The second-order valence-electron chi connectivity index (χ2n) is 7.32. The molecule has 0 atom stereocenters. The van der Waals surface area contributed by atoms with E-state index in [4.69, 9.17) is 4.98 Å². The zero-order valence-electron chi connectivity index (χ0n) is 16.1. The summed E-state index contributed by atoms with van der Waals surface area (Å²) in [7, 11) is 0. The van der Waals surface area contributed by atoms with Crippen molar-refractivity contribution in [2.24, 2.45) is 5.10 Å². The van der Waals surface area contributed by atoms with Gasteiger partial charge in [0.05, 0.1) is 6.21 Å². The minimum Gasteiger partial charge on any atom is -0.508 e. The highest BCUT2D eigenvalue weighted by Crippen LogP contribution is 2.22. The normalized spacial score (nSPS) is 17.9. The number of nitrogens with one attached hydrogen (secondary N) is 1. The number of hydrazone groups is 1. The Bertz CT molecular complexity index is 778. The van der Waals surface area contributed by atoms with Gasteiger partial charge in [0.25, 0.3) is 0 Å². The molecule has 3 heterocycles. The molecule has 0 bridgehead atoms. The highest BCUT2D eigenvalue weighted by atomic mass is 16.3. The molecule has 8 nitrogen and oxygen atoms in total. The molecule has 0 spiro atoms. The van der Waals surface area contributed by atoms with Crippen LogP contribution in [0.4, 0.5) is 17.8 Å². The van der Waals surface area contributed by atoms with Crippen LogP contribution in [0, 0.1) is 0 Å². The summed E-state index contributed by atoms with van der Waals surface area (Å²) in [5, 5.41) is 13.8. The molecule has 2 aromatic rings. The van der Waals surface area contributed by atoms with Crippen LogP contribution >= 0.6 is 0 Å². The number of rotatable bonds is 5. The zero-order valence-corrected chi connectivity index (χ0v) is 16.1. The molecule has 28 heavy (non-hydrogen) atoms. The van der Waals surface area contributed by atoms with E-state index in [0.29, 0.717) is 5.95 Å². The second-order valence-corrected chi connectivity index (χ2v) is 7.32. The Balaban J connectivity index is 1.55. The van der Waals surface area contributed by atoms with E-state index < -0.39 is 0 Å². The third-order valence-corrected chi connectivity index (χ3v) is 5.14. The molecular formula is C20H27N7O. The van der Waals surface area contributed by atoms with Crippen molar-refractivity contribution in [3.63, 3.8) is 0 Å². The molecule has 2 aliphatic rings. The number of aromatic nitrogens is 3. The molecule has 2 aliphatic heterocycles. The van der Waals surface area contributed by atoms with Crippen LogP contribution < -0.4 is 15.2 Å². The Morgan fingerprint density at radius 3 is 2.04 bits per heavy atom. The van der Waals surface area contributed by atoms with E-state index in [2.05, 4.69) is 30.3 Å². The number of phenolic OH excluding ortho intramolecular Hbond substituents is 1. The summed E-state index contributed by atoms with van der Waals surface area (Å²) in [4.78, 5) is 18.4. The van der Waals surface area contributed by atoms with Gasteiger partial charge in [-0.15, -0.1) is 0 Å². The van der Waals surface area contributed by atoms with Gasteiger partial charge >= 0.3 is 0 Å². The standard InChI is InChI=1S/C20H27N7O/c28-17-9-7-8-16(14-17)15-21-25-18-22-19(26-10-3-1-4-11-26)24-20(23-18)27-12-5-2-6-13-27/h7-9,14-15,28H,1-6,10-13H2,(H,22,23,24,25). The molecule has 8 heteroatoms. The molecular weight excluding hydrogens is 354 g/mol. The van der Waals surface area contributed by atoms with Crippen molar-refractivity contribution in [2.45, 2.75) is 38.5 Å². The lowest BCUT2D eigenvalue weighted by atomic mass is 10.1. The van der Waals surface area contributed by atoms with Gasteiger partial charge in [-0.3, -0.25) is 0 Å². The van der Waals surface area contributed by atoms with E-state index >= 15 is 0 Å². The first-order chi connectivity index (χ1) is 13.8. The van der Waals surface area contributed by atoms with Crippen LogP contribution in [-0.4, -0.2) is 52.5 Å². The molecule has 2 fully saturated rings. The fraction of sp³-hybridized carbons (Fsp3) is 0.500. The van der Waals surface area contributed by atoms with E-state index in [9.17, 15) is 5.11 Å². The first-order valence-corrected chi connectivity index (χ1v) is 10.1. The summed E-state index contributed by atoms with van der Waals surface area (Å²) in [6.07, 6.45) is 8.85. The van der Waals surface area contributed by atoms with Gasteiger partial charge in [0.1, 0.15) is 5.75 Å². The summed E-state index contributed by atoms with van der Waals surface area (Å²) in [6.45, 7) is 3.93. The minimum atomic E-state index is 0.212. The lowest BCUT2D eigenvalue weighted by Gasteiger charge is -2.30. The van der Waals surface area contributed by atoms with Gasteiger partial charge in [-0.1, -0.05) is 12.1 Å². The van der Waals surface area contributed by atoms with Crippen molar-refractivity contribution in [1.29, 1.82) is 0 Å². The fourth-order valence-electron chi connectivity index (χ4n) is 3.64. The van der Waals surface area contributed by atoms with Gasteiger partial charge in [-0.2, -0.15) is 20.1 Å². The predicted octanol–water partition coefficient (Wildman–Crippen LogP) is 3.00. The molecule has 0 radical (unpaired) electrons.